The SMILES string of the molecule is [2H]C([2H])([2H])c1cc([N+]2(c3[c-]c(Oc4[c-]c(N5[CH-]N(C)c6ccccc65)ccc4)ccc3)c3ccccc3-c3ccccc32)ncc1-c1c(-n2c3ccccc3c3ccccc32)cccc1-n1c2ccccc2c2ccccc21.[Pt]. The molecule has 0 amide bonds. The van der Waals surface area contributed by atoms with Gasteiger partial charge in [0.05, 0.1) is 44.6 Å². The molecular weight excluding hydrogens is 1110 g/mol. The van der Waals surface area contributed by atoms with Crippen molar-refractivity contribution in [1.82, 2.24) is 18.6 Å². The zero-order chi connectivity index (χ0) is 52.3. The van der Waals surface area contributed by atoms with Crippen molar-refractivity contribution in [3.63, 3.8) is 0 Å². The van der Waals surface area contributed by atoms with E-state index in [1.807, 2.05) is 92.6 Å². The van der Waals surface area contributed by atoms with Crippen molar-refractivity contribution in [2.24, 2.45) is 0 Å². The monoisotopic (exact) mass is 1160 g/mol. The number of para-hydroxylation sites is 8. The molecule has 8 heteroatoms. The van der Waals surface area contributed by atoms with Crippen molar-refractivity contribution < 1.29 is 29.9 Å². The average Bonchev–Trinajstić information content (AvgIpc) is 4.24. The summed E-state index contributed by atoms with van der Waals surface area (Å²) in [4.78, 5) is 9.77. The maximum absolute atomic E-state index is 9.64. The summed E-state index contributed by atoms with van der Waals surface area (Å²) in [7, 11) is 2.03. The van der Waals surface area contributed by atoms with E-state index in [0.717, 1.165) is 100 Å². The second-order valence-corrected chi connectivity index (χ2v) is 19.2. The van der Waals surface area contributed by atoms with Crippen molar-refractivity contribution in [2.45, 2.75) is 6.85 Å². The summed E-state index contributed by atoms with van der Waals surface area (Å²) >= 11 is 0. The topological polar surface area (TPSA) is 38.5 Å². The van der Waals surface area contributed by atoms with Gasteiger partial charge in [-0.3, -0.25) is 0 Å². The second kappa shape index (κ2) is 17.8. The van der Waals surface area contributed by atoms with E-state index in [0.29, 0.717) is 28.6 Å². The molecule has 0 saturated carbocycles. The Labute approximate surface area is 459 Å². The number of anilines is 3. The van der Waals surface area contributed by atoms with E-state index < -0.39 is 6.85 Å². The Morgan fingerprint density at radius 1 is 0.487 bits per heavy atom. The van der Waals surface area contributed by atoms with E-state index in [9.17, 15) is 4.11 Å². The van der Waals surface area contributed by atoms with Crippen LogP contribution in [0.3, 0.4) is 0 Å². The van der Waals surface area contributed by atoms with Gasteiger partial charge in [0.2, 0.25) is 5.82 Å². The van der Waals surface area contributed by atoms with E-state index in [-0.39, 0.29) is 31.1 Å². The number of aryl methyl sites for hydroxylation is 1. The molecule has 5 heterocycles. The van der Waals surface area contributed by atoms with Crippen LogP contribution in [-0.4, -0.2) is 21.2 Å². The molecule has 10 aromatic carbocycles. The molecule has 0 spiro atoms. The fourth-order valence-corrected chi connectivity index (χ4v) is 12.0. The summed E-state index contributed by atoms with van der Waals surface area (Å²) in [6.07, 6.45) is 1.80. The number of hydrogen-bond donors (Lipinski definition) is 0. The molecule has 7 nitrogen and oxygen atoms in total. The number of aromatic nitrogens is 3. The van der Waals surface area contributed by atoms with Crippen LogP contribution in [0, 0.1) is 25.7 Å². The first-order chi connectivity index (χ1) is 38.3. The zero-order valence-electron chi connectivity index (χ0n) is 44.0. The van der Waals surface area contributed by atoms with Gasteiger partial charge >= 0.3 is 0 Å². The maximum Gasteiger partial charge on any atom is 0.241 e. The van der Waals surface area contributed by atoms with Crippen molar-refractivity contribution in [1.29, 1.82) is 0 Å². The molecule has 76 heavy (non-hydrogen) atoms. The van der Waals surface area contributed by atoms with E-state index in [4.69, 9.17) is 9.72 Å². The molecule has 0 unspecified atom stereocenters. The minimum Gasteiger partial charge on any atom is -0.509 e. The fraction of sp³-hybridized carbons (Fsp3) is 0.0294. The van der Waals surface area contributed by atoms with Crippen molar-refractivity contribution in [3.8, 4) is 45.1 Å². The van der Waals surface area contributed by atoms with Gasteiger partial charge in [-0.25, -0.2) is 4.98 Å². The Kier molecular flexibility index (Phi) is 9.95. The predicted molar refractivity (Wildman–Crippen MR) is 308 cm³/mol. The fourth-order valence-electron chi connectivity index (χ4n) is 12.0. The van der Waals surface area contributed by atoms with Gasteiger partial charge < -0.3 is 23.7 Å². The quantitative estimate of drug-likeness (QED) is 0.112. The van der Waals surface area contributed by atoms with Gasteiger partial charge in [0.25, 0.3) is 0 Å². The van der Waals surface area contributed by atoms with E-state index in [1.165, 1.54) is 0 Å². The first-order valence-electron chi connectivity index (χ1n) is 26.7. The Morgan fingerprint density at radius 3 is 1.54 bits per heavy atom. The predicted octanol–water partition coefficient (Wildman–Crippen LogP) is 17.6. The van der Waals surface area contributed by atoms with E-state index in [2.05, 4.69) is 183 Å². The molecule has 0 aliphatic carbocycles. The second-order valence-electron chi connectivity index (χ2n) is 19.2. The van der Waals surface area contributed by atoms with Crippen LogP contribution in [0.1, 0.15) is 9.68 Å². The third kappa shape index (κ3) is 6.72. The Balaban J connectivity index is 0.00000564. The third-order valence-corrected chi connectivity index (χ3v) is 15.1. The van der Waals surface area contributed by atoms with Gasteiger partial charge in [0.15, 0.2) is 11.4 Å². The van der Waals surface area contributed by atoms with Gasteiger partial charge in [-0.15, -0.1) is 36.0 Å². The Hall–Kier alpha value is -9.00. The first-order valence-corrected chi connectivity index (χ1v) is 25.2. The minimum absolute atomic E-state index is 0. The Morgan fingerprint density at radius 2 is 0.961 bits per heavy atom. The van der Waals surface area contributed by atoms with E-state index >= 15 is 0 Å². The Bertz CT molecular complexity index is 4300. The molecule has 0 fully saturated rings. The largest absolute Gasteiger partial charge is 0.509 e. The summed E-state index contributed by atoms with van der Waals surface area (Å²) in [6.45, 7) is -0.581. The summed E-state index contributed by atoms with van der Waals surface area (Å²) < 4.78 is 40.2. The molecule has 13 aromatic rings. The van der Waals surface area contributed by atoms with Crippen LogP contribution in [0.25, 0.3) is 77.2 Å². The van der Waals surface area contributed by atoms with Crippen LogP contribution in [-0.2, 0) is 21.1 Å². The number of hydrogen-bond acceptors (Lipinski definition) is 4. The maximum atomic E-state index is 9.64. The normalized spacial score (nSPS) is 14.0. The summed E-state index contributed by atoms with van der Waals surface area (Å²) in [6, 6.07) is 85.7. The van der Waals surface area contributed by atoms with Crippen LogP contribution in [0.2, 0.25) is 0 Å². The number of rotatable bonds is 8. The molecule has 0 N–H and O–H groups in total. The molecular formula is C68H46N6OPt-2. The smallest absolute Gasteiger partial charge is 0.241 e. The van der Waals surface area contributed by atoms with Crippen molar-refractivity contribution >= 4 is 83.6 Å². The van der Waals surface area contributed by atoms with Gasteiger partial charge in [-0.1, -0.05) is 121 Å². The van der Waals surface area contributed by atoms with Crippen LogP contribution in [0.4, 0.5) is 39.9 Å². The number of fused-ring (bicyclic) bond motifs is 10. The first kappa shape index (κ1) is 42.4. The minimum atomic E-state index is -2.63. The van der Waals surface area contributed by atoms with Crippen LogP contribution >= 0.6 is 0 Å². The molecule has 366 valence electrons. The molecule has 0 saturated heterocycles. The number of pyridine rings is 1. The summed E-state index contributed by atoms with van der Waals surface area (Å²) in [5.74, 6) is 1.47. The van der Waals surface area contributed by atoms with Gasteiger partial charge in [-0.05, 0) is 80.1 Å². The van der Waals surface area contributed by atoms with E-state index in [1.54, 1.807) is 6.20 Å². The van der Waals surface area contributed by atoms with Gasteiger partial charge in [0, 0.05) is 111 Å². The van der Waals surface area contributed by atoms with Gasteiger partial charge in [-0.2, -0.15) is 23.3 Å². The standard InChI is InChI=1S/C68H46N6O.Pt/c1-45-40-67(69-43-56(45)68-63(72-57-30-9-3-24-50(57)51-25-4-10-31-58(51)72)36-19-37-64(68)73-59-32-11-5-26-52(59)53-27-6-12-33-60(53)73)74(65-38-15-7-28-54(65)55-29-8-16-39-66(55)74)47-21-18-23-49(42-47)75-48-22-17-20-46(41-48)71-44-70(2)61-34-13-14-35-62(61)71;/h3-40,43-44H,1-2H3;/q-2;/i1D3;. The van der Waals surface area contributed by atoms with Crippen LogP contribution in [0.5, 0.6) is 11.5 Å². The summed E-state index contributed by atoms with van der Waals surface area (Å²) in [5, 5.41) is 4.39. The van der Waals surface area contributed by atoms with Crippen LogP contribution in [0.15, 0.2) is 237 Å². The zero-order valence-corrected chi connectivity index (χ0v) is 43.3. The number of nitrogens with zero attached hydrogens (tertiary/aromatic N) is 6. The molecule has 0 radical (unpaired) electrons. The third-order valence-electron chi connectivity index (χ3n) is 15.1. The molecule has 2 aliphatic heterocycles. The van der Waals surface area contributed by atoms with Gasteiger partial charge in [0.1, 0.15) is 0 Å². The molecule has 15 rings (SSSR count). The van der Waals surface area contributed by atoms with Crippen molar-refractivity contribution in [2.75, 3.05) is 16.8 Å². The molecule has 2 aliphatic rings. The molecule has 3 aromatic heterocycles. The van der Waals surface area contributed by atoms with Crippen molar-refractivity contribution in [3.05, 3.63) is 261 Å². The number of benzene rings is 10. The molecule has 0 atom stereocenters. The summed E-state index contributed by atoms with van der Waals surface area (Å²) in [5.41, 5.74) is 14.5. The van der Waals surface area contributed by atoms with Crippen LogP contribution < -0.4 is 19.0 Å². The average molecular weight is 1160 g/mol. The number of ether oxygens (including phenoxy) is 1. The number of quaternary nitrogens is 1. The molecule has 0 bridgehead atoms.